The molecular formula is C11H7BrClN3O4. The maximum absolute atomic E-state index is 10.9. The Hall–Kier alpha value is -1.93. The van der Waals surface area contributed by atoms with Crippen molar-refractivity contribution < 1.29 is 14.4 Å². The standard InChI is InChI=1S/C11H7BrClN3O4/c1-19-10-7(12)5-14-11(15-10)20-9-3-2-6(13)4-8(9)16(17)18/h2-5H,1H3. The molecule has 1 heterocycles. The molecule has 0 radical (unpaired) electrons. The molecule has 1 aromatic carbocycles. The van der Waals surface area contributed by atoms with Crippen molar-refractivity contribution in [3.8, 4) is 17.6 Å². The number of halogens is 2. The fourth-order valence-corrected chi connectivity index (χ4v) is 1.87. The van der Waals surface area contributed by atoms with Crippen molar-refractivity contribution in [3.63, 3.8) is 0 Å². The molecule has 0 amide bonds. The molecule has 0 unspecified atom stereocenters. The van der Waals surface area contributed by atoms with E-state index in [9.17, 15) is 10.1 Å². The fraction of sp³-hybridized carbons (Fsp3) is 0.0909. The summed E-state index contributed by atoms with van der Waals surface area (Å²) in [5.74, 6) is 0.246. The Morgan fingerprint density at radius 1 is 1.45 bits per heavy atom. The Morgan fingerprint density at radius 2 is 2.20 bits per heavy atom. The number of hydrogen-bond acceptors (Lipinski definition) is 6. The zero-order valence-electron chi connectivity index (χ0n) is 10.0. The number of hydrogen-bond donors (Lipinski definition) is 0. The second-order valence-corrected chi connectivity index (χ2v) is 4.77. The lowest BCUT2D eigenvalue weighted by molar-refractivity contribution is -0.385. The van der Waals surface area contributed by atoms with Gasteiger partial charge >= 0.3 is 11.7 Å². The molecule has 20 heavy (non-hydrogen) atoms. The number of nitrogens with zero attached hydrogens (tertiary/aromatic N) is 3. The number of benzene rings is 1. The summed E-state index contributed by atoms with van der Waals surface area (Å²) in [6.45, 7) is 0. The zero-order valence-corrected chi connectivity index (χ0v) is 12.4. The molecule has 2 rings (SSSR count). The van der Waals surface area contributed by atoms with Crippen molar-refractivity contribution >= 4 is 33.2 Å². The van der Waals surface area contributed by atoms with E-state index in [0.717, 1.165) is 0 Å². The van der Waals surface area contributed by atoms with Gasteiger partial charge in [-0.25, -0.2) is 4.98 Å². The van der Waals surface area contributed by atoms with Crippen LogP contribution >= 0.6 is 27.5 Å². The Morgan fingerprint density at radius 3 is 2.85 bits per heavy atom. The van der Waals surface area contributed by atoms with Crippen LogP contribution in [0.2, 0.25) is 5.02 Å². The van der Waals surface area contributed by atoms with Crippen molar-refractivity contribution in [1.29, 1.82) is 0 Å². The monoisotopic (exact) mass is 359 g/mol. The minimum Gasteiger partial charge on any atom is -0.480 e. The van der Waals surface area contributed by atoms with E-state index >= 15 is 0 Å². The van der Waals surface area contributed by atoms with Crippen molar-refractivity contribution in [1.82, 2.24) is 9.97 Å². The first-order chi connectivity index (χ1) is 9.51. The minimum atomic E-state index is -0.600. The smallest absolute Gasteiger partial charge is 0.325 e. The first kappa shape index (κ1) is 14.5. The van der Waals surface area contributed by atoms with E-state index in [1.54, 1.807) is 0 Å². The molecule has 0 aliphatic rings. The van der Waals surface area contributed by atoms with E-state index in [2.05, 4.69) is 25.9 Å². The van der Waals surface area contributed by atoms with Crippen molar-refractivity contribution in [2.45, 2.75) is 0 Å². The van der Waals surface area contributed by atoms with Crippen molar-refractivity contribution in [2.75, 3.05) is 7.11 Å². The third-order valence-corrected chi connectivity index (χ3v) is 2.98. The lowest BCUT2D eigenvalue weighted by atomic mass is 10.3. The average Bonchev–Trinajstić information content (AvgIpc) is 2.42. The summed E-state index contributed by atoms with van der Waals surface area (Å²) in [4.78, 5) is 18.2. The Balaban J connectivity index is 2.37. The van der Waals surface area contributed by atoms with Gasteiger partial charge in [0.05, 0.1) is 22.7 Å². The molecule has 0 saturated carbocycles. The quantitative estimate of drug-likeness (QED) is 0.611. The molecular weight excluding hydrogens is 353 g/mol. The van der Waals surface area contributed by atoms with Gasteiger partial charge in [-0.3, -0.25) is 10.1 Å². The van der Waals surface area contributed by atoms with E-state index in [-0.39, 0.29) is 28.3 Å². The lowest BCUT2D eigenvalue weighted by Gasteiger charge is -2.06. The highest BCUT2D eigenvalue weighted by Gasteiger charge is 2.18. The molecule has 0 atom stereocenters. The Bertz CT molecular complexity index is 668. The average molecular weight is 361 g/mol. The van der Waals surface area contributed by atoms with Gasteiger partial charge in [-0.1, -0.05) is 11.6 Å². The highest BCUT2D eigenvalue weighted by Crippen LogP contribution is 2.33. The number of aromatic nitrogens is 2. The Kier molecular flexibility index (Phi) is 4.35. The molecule has 2 aromatic rings. The summed E-state index contributed by atoms with van der Waals surface area (Å²) in [6, 6.07) is 3.96. The molecule has 0 bridgehead atoms. The summed E-state index contributed by atoms with van der Waals surface area (Å²) >= 11 is 8.91. The van der Waals surface area contributed by atoms with Gasteiger partial charge in [-0.2, -0.15) is 4.98 Å². The van der Waals surface area contributed by atoms with E-state index in [4.69, 9.17) is 21.1 Å². The second-order valence-electron chi connectivity index (χ2n) is 3.48. The molecule has 0 aliphatic carbocycles. The molecule has 0 fully saturated rings. The van der Waals surface area contributed by atoms with Gasteiger partial charge in [0, 0.05) is 11.1 Å². The first-order valence-electron chi connectivity index (χ1n) is 5.19. The van der Waals surface area contributed by atoms with Crippen molar-refractivity contribution in [2.24, 2.45) is 0 Å². The number of methoxy groups -OCH3 is 1. The third-order valence-electron chi connectivity index (χ3n) is 2.20. The summed E-state index contributed by atoms with van der Waals surface area (Å²) in [6.07, 6.45) is 1.42. The van der Waals surface area contributed by atoms with Crippen LogP contribution in [0.15, 0.2) is 28.9 Å². The maximum atomic E-state index is 10.9. The number of ether oxygens (including phenoxy) is 2. The molecule has 7 nitrogen and oxygen atoms in total. The van der Waals surface area contributed by atoms with Crippen molar-refractivity contribution in [3.05, 3.63) is 44.0 Å². The van der Waals surface area contributed by atoms with Crippen LogP contribution in [0.1, 0.15) is 0 Å². The van der Waals surface area contributed by atoms with E-state index in [1.165, 1.54) is 31.5 Å². The van der Waals surface area contributed by atoms with Gasteiger partial charge in [0.15, 0.2) is 0 Å². The van der Waals surface area contributed by atoms with Crippen LogP contribution in [0.4, 0.5) is 5.69 Å². The van der Waals surface area contributed by atoms with Gasteiger partial charge in [0.1, 0.15) is 0 Å². The molecule has 1 aromatic heterocycles. The van der Waals surface area contributed by atoms with Gasteiger partial charge in [-0.15, -0.1) is 0 Å². The predicted octanol–water partition coefficient (Wildman–Crippen LogP) is 3.60. The van der Waals surface area contributed by atoms with E-state index < -0.39 is 4.92 Å². The van der Waals surface area contributed by atoms with Crippen LogP contribution in [-0.2, 0) is 0 Å². The highest BCUT2D eigenvalue weighted by molar-refractivity contribution is 9.10. The largest absolute Gasteiger partial charge is 0.480 e. The summed E-state index contributed by atoms with van der Waals surface area (Å²) in [5.41, 5.74) is -0.275. The topological polar surface area (TPSA) is 87.4 Å². The van der Waals surface area contributed by atoms with E-state index in [0.29, 0.717) is 4.47 Å². The normalized spacial score (nSPS) is 10.2. The second kappa shape index (κ2) is 6.02. The van der Waals surface area contributed by atoms with Crippen LogP contribution in [0.5, 0.6) is 17.6 Å². The summed E-state index contributed by atoms with van der Waals surface area (Å²) in [5, 5.41) is 11.2. The van der Waals surface area contributed by atoms with Gasteiger partial charge < -0.3 is 9.47 Å². The van der Waals surface area contributed by atoms with Gasteiger partial charge in [-0.05, 0) is 28.1 Å². The molecule has 9 heteroatoms. The van der Waals surface area contributed by atoms with Crippen LogP contribution < -0.4 is 9.47 Å². The summed E-state index contributed by atoms with van der Waals surface area (Å²) < 4.78 is 10.8. The van der Waals surface area contributed by atoms with Crippen LogP contribution in [0, 0.1) is 10.1 Å². The molecule has 0 aliphatic heterocycles. The highest BCUT2D eigenvalue weighted by atomic mass is 79.9. The SMILES string of the molecule is COc1nc(Oc2ccc(Cl)cc2[N+](=O)[O-])ncc1Br. The first-order valence-corrected chi connectivity index (χ1v) is 6.36. The van der Waals surface area contributed by atoms with E-state index in [1.807, 2.05) is 0 Å². The van der Waals surface area contributed by atoms with Crippen LogP contribution in [-0.4, -0.2) is 22.0 Å². The summed E-state index contributed by atoms with van der Waals surface area (Å²) in [7, 11) is 1.43. The van der Waals surface area contributed by atoms with Crippen LogP contribution in [0.3, 0.4) is 0 Å². The zero-order chi connectivity index (χ0) is 14.7. The van der Waals surface area contributed by atoms with Crippen LogP contribution in [0.25, 0.3) is 0 Å². The molecule has 0 spiro atoms. The number of nitro benzene ring substituents is 1. The molecule has 0 saturated heterocycles. The number of nitro groups is 1. The maximum Gasteiger partial charge on any atom is 0.325 e. The lowest BCUT2D eigenvalue weighted by Crippen LogP contribution is -1.98. The molecule has 104 valence electrons. The third kappa shape index (κ3) is 3.14. The fourth-order valence-electron chi connectivity index (χ4n) is 1.35. The Labute approximate surface area is 126 Å². The predicted molar refractivity (Wildman–Crippen MR) is 74.5 cm³/mol. The number of rotatable bonds is 4. The van der Waals surface area contributed by atoms with Gasteiger partial charge in [0.2, 0.25) is 11.6 Å². The minimum absolute atomic E-state index is 0.0104. The van der Waals surface area contributed by atoms with Gasteiger partial charge in [0.25, 0.3) is 0 Å². The molecule has 0 N–H and O–H groups in total.